The van der Waals surface area contributed by atoms with Crippen LogP contribution in [0, 0.1) is 11.6 Å². The fourth-order valence-corrected chi connectivity index (χ4v) is 2.90. The van der Waals surface area contributed by atoms with Gasteiger partial charge in [-0.3, -0.25) is 9.52 Å². The largest absolute Gasteiger partial charge is 0.405 e. The molecule has 26 heavy (non-hydrogen) atoms. The summed E-state index contributed by atoms with van der Waals surface area (Å²) in [4.78, 5) is 11.0. The molecule has 2 rings (SSSR count). The fourth-order valence-electron chi connectivity index (χ4n) is 1.83. The van der Waals surface area contributed by atoms with Crippen LogP contribution >= 0.6 is 0 Å². The van der Waals surface area contributed by atoms with Crippen LogP contribution in [0.3, 0.4) is 0 Å². The second kappa shape index (κ2) is 7.28. The molecular formula is C15H11F5N2O3S. The molecule has 5 nitrogen and oxygen atoms in total. The smallest absolute Gasteiger partial charge is 0.343 e. The third-order valence-electron chi connectivity index (χ3n) is 3.05. The van der Waals surface area contributed by atoms with Gasteiger partial charge in [0.25, 0.3) is 15.9 Å². The molecular weight excluding hydrogens is 383 g/mol. The molecule has 0 aliphatic carbocycles. The standard InChI is InChI=1S/C15H11F5N2O3S/c16-12-6-5-11(7-13(12)17)26(24,25)22-10-3-1-9(2-4-10)14(23)21-8-15(18,19)20/h1-7,22H,8H2,(H,21,23). The maximum Gasteiger partial charge on any atom is 0.405 e. The number of hydrogen-bond donors (Lipinski definition) is 2. The predicted molar refractivity (Wildman–Crippen MR) is 82.0 cm³/mol. The Bertz CT molecular complexity index is 912. The third-order valence-corrected chi connectivity index (χ3v) is 4.43. The molecule has 1 amide bonds. The number of anilines is 1. The van der Waals surface area contributed by atoms with E-state index in [1.165, 1.54) is 0 Å². The normalized spacial score (nSPS) is 11.9. The lowest BCUT2D eigenvalue weighted by Gasteiger charge is -2.10. The van der Waals surface area contributed by atoms with E-state index < -0.39 is 45.2 Å². The van der Waals surface area contributed by atoms with Crippen LogP contribution in [0.25, 0.3) is 0 Å². The number of carbonyl (C=O) groups excluding carboxylic acids is 1. The van der Waals surface area contributed by atoms with Gasteiger partial charge in [0.2, 0.25) is 0 Å². The SMILES string of the molecule is O=C(NCC(F)(F)F)c1ccc(NS(=O)(=O)c2ccc(F)c(F)c2)cc1. The van der Waals surface area contributed by atoms with Crippen LogP contribution in [0.5, 0.6) is 0 Å². The van der Waals surface area contributed by atoms with Gasteiger partial charge in [0.15, 0.2) is 11.6 Å². The van der Waals surface area contributed by atoms with Gasteiger partial charge in [-0.1, -0.05) is 0 Å². The van der Waals surface area contributed by atoms with E-state index in [9.17, 15) is 35.2 Å². The van der Waals surface area contributed by atoms with Gasteiger partial charge in [0.05, 0.1) is 4.90 Å². The van der Waals surface area contributed by atoms with Crippen LogP contribution in [-0.4, -0.2) is 27.0 Å². The molecule has 0 radical (unpaired) electrons. The second-order valence-corrected chi connectivity index (χ2v) is 6.74. The van der Waals surface area contributed by atoms with E-state index in [4.69, 9.17) is 0 Å². The lowest BCUT2D eigenvalue weighted by Crippen LogP contribution is -2.33. The zero-order valence-corrected chi connectivity index (χ0v) is 13.6. The van der Waals surface area contributed by atoms with E-state index in [0.717, 1.165) is 30.3 Å². The topological polar surface area (TPSA) is 75.3 Å². The molecule has 0 bridgehead atoms. The maximum atomic E-state index is 13.2. The Balaban J connectivity index is 2.10. The minimum absolute atomic E-state index is 0.0258. The first-order valence-corrected chi connectivity index (χ1v) is 8.39. The molecule has 2 N–H and O–H groups in total. The average molecular weight is 394 g/mol. The summed E-state index contributed by atoms with van der Waals surface area (Å²) in [5, 5.41) is 1.66. The number of alkyl halides is 3. The monoisotopic (exact) mass is 394 g/mol. The molecule has 140 valence electrons. The second-order valence-electron chi connectivity index (χ2n) is 5.06. The van der Waals surface area contributed by atoms with Crippen LogP contribution in [0.15, 0.2) is 47.4 Å². The summed E-state index contributed by atoms with van der Waals surface area (Å²) in [5.41, 5.74) is -0.146. The molecule has 0 atom stereocenters. The highest BCUT2D eigenvalue weighted by Gasteiger charge is 2.27. The molecule has 0 fully saturated rings. The van der Waals surface area contributed by atoms with Gasteiger partial charge < -0.3 is 5.32 Å². The minimum atomic E-state index is -4.56. The van der Waals surface area contributed by atoms with Gasteiger partial charge in [-0.25, -0.2) is 17.2 Å². The van der Waals surface area contributed by atoms with Crippen molar-refractivity contribution in [3.05, 3.63) is 59.7 Å². The average Bonchev–Trinajstić information content (AvgIpc) is 2.54. The van der Waals surface area contributed by atoms with Crippen LogP contribution in [-0.2, 0) is 10.0 Å². The number of sulfonamides is 1. The molecule has 0 aliphatic rings. The molecule has 0 unspecified atom stereocenters. The van der Waals surface area contributed by atoms with Crippen molar-refractivity contribution < 1.29 is 35.2 Å². The number of halogens is 5. The van der Waals surface area contributed by atoms with Crippen molar-refractivity contribution in [1.29, 1.82) is 0 Å². The van der Waals surface area contributed by atoms with Gasteiger partial charge in [0.1, 0.15) is 6.54 Å². The molecule has 0 aliphatic heterocycles. The number of nitrogens with one attached hydrogen (secondary N) is 2. The van der Waals surface area contributed by atoms with Crippen LogP contribution in [0.1, 0.15) is 10.4 Å². The molecule has 11 heteroatoms. The van der Waals surface area contributed by atoms with E-state index in [0.29, 0.717) is 12.1 Å². The van der Waals surface area contributed by atoms with Crippen molar-refractivity contribution >= 4 is 21.6 Å². The van der Waals surface area contributed by atoms with Gasteiger partial charge in [0, 0.05) is 11.3 Å². The summed E-state index contributed by atoms with van der Waals surface area (Å²) in [6, 6.07) is 6.50. The lowest BCUT2D eigenvalue weighted by atomic mass is 10.2. The van der Waals surface area contributed by atoms with Crippen molar-refractivity contribution in [3.8, 4) is 0 Å². The van der Waals surface area contributed by atoms with Crippen LogP contribution in [0.4, 0.5) is 27.6 Å². The van der Waals surface area contributed by atoms with Crippen LogP contribution in [0.2, 0.25) is 0 Å². The summed E-state index contributed by atoms with van der Waals surface area (Å²) in [6.45, 7) is -1.50. The Kier molecular flexibility index (Phi) is 5.50. The Hall–Kier alpha value is -2.69. The third kappa shape index (κ3) is 5.15. The summed E-state index contributed by atoms with van der Waals surface area (Å²) in [7, 11) is -4.22. The predicted octanol–water partition coefficient (Wildman–Crippen LogP) is 3.06. The first-order valence-electron chi connectivity index (χ1n) is 6.91. The number of amides is 1. The number of rotatable bonds is 5. The molecule has 0 saturated heterocycles. The fraction of sp³-hybridized carbons (Fsp3) is 0.133. The van der Waals surface area contributed by atoms with Gasteiger partial charge >= 0.3 is 6.18 Å². The minimum Gasteiger partial charge on any atom is -0.343 e. The van der Waals surface area contributed by atoms with Crippen molar-refractivity contribution in [3.63, 3.8) is 0 Å². The zero-order chi connectivity index (χ0) is 19.5. The summed E-state index contributed by atoms with van der Waals surface area (Å²) in [5.74, 6) is -3.54. The zero-order valence-electron chi connectivity index (χ0n) is 12.8. The summed E-state index contributed by atoms with van der Waals surface area (Å²) < 4.78 is 88.5. The Morgan fingerprint density at radius 3 is 2.12 bits per heavy atom. The van der Waals surface area contributed by atoms with Crippen molar-refractivity contribution in [2.75, 3.05) is 11.3 Å². The van der Waals surface area contributed by atoms with Gasteiger partial charge in [-0.2, -0.15) is 13.2 Å². The van der Waals surface area contributed by atoms with Crippen LogP contribution < -0.4 is 10.0 Å². The number of carbonyl (C=O) groups is 1. The summed E-state index contributed by atoms with van der Waals surface area (Å²) in [6.07, 6.45) is -4.56. The number of benzene rings is 2. The van der Waals surface area contributed by atoms with Crippen molar-refractivity contribution in [2.45, 2.75) is 11.1 Å². The van der Waals surface area contributed by atoms with Gasteiger partial charge in [-0.15, -0.1) is 0 Å². The van der Waals surface area contributed by atoms with E-state index in [1.807, 2.05) is 0 Å². The highest BCUT2D eigenvalue weighted by Crippen LogP contribution is 2.19. The number of hydrogen-bond acceptors (Lipinski definition) is 3. The van der Waals surface area contributed by atoms with E-state index in [2.05, 4.69) is 4.72 Å². The first kappa shape index (κ1) is 19.6. The van der Waals surface area contributed by atoms with Gasteiger partial charge in [-0.05, 0) is 42.5 Å². The van der Waals surface area contributed by atoms with E-state index >= 15 is 0 Å². The summed E-state index contributed by atoms with van der Waals surface area (Å²) >= 11 is 0. The molecule has 2 aromatic carbocycles. The quantitative estimate of drug-likeness (QED) is 0.766. The molecule has 2 aromatic rings. The Labute approximate surface area is 144 Å². The molecule has 0 heterocycles. The highest BCUT2D eigenvalue weighted by atomic mass is 32.2. The first-order chi connectivity index (χ1) is 12.0. The Morgan fingerprint density at radius 1 is 0.962 bits per heavy atom. The highest BCUT2D eigenvalue weighted by molar-refractivity contribution is 7.92. The molecule has 0 saturated carbocycles. The Morgan fingerprint density at radius 2 is 1.58 bits per heavy atom. The van der Waals surface area contributed by atoms with Crippen molar-refractivity contribution in [2.24, 2.45) is 0 Å². The molecule has 0 spiro atoms. The van der Waals surface area contributed by atoms with E-state index in [-0.39, 0.29) is 11.3 Å². The van der Waals surface area contributed by atoms with E-state index in [1.54, 1.807) is 5.32 Å². The molecule has 0 aromatic heterocycles. The lowest BCUT2D eigenvalue weighted by molar-refractivity contribution is -0.123. The maximum absolute atomic E-state index is 13.2. The van der Waals surface area contributed by atoms with Crippen molar-refractivity contribution in [1.82, 2.24) is 5.32 Å².